The Hall–Kier alpha value is -2.79. The molecule has 0 N–H and O–H groups in total. The van der Waals surface area contributed by atoms with Crippen molar-refractivity contribution >= 4 is 15.7 Å². The van der Waals surface area contributed by atoms with Gasteiger partial charge in [-0.05, 0) is 36.8 Å². The van der Waals surface area contributed by atoms with Gasteiger partial charge in [0.05, 0.1) is 10.6 Å². The quantitative estimate of drug-likeness (QED) is 0.663. The number of nitrogens with zero attached hydrogens (tertiary/aromatic N) is 1. The Morgan fingerprint density at radius 2 is 1.56 bits per heavy atom. The van der Waals surface area contributed by atoms with Crippen molar-refractivity contribution in [1.82, 2.24) is 0 Å². The normalized spacial score (nSPS) is 20.4. The zero-order valence-electron chi connectivity index (χ0n) is 14.9. The standard InChI is InChI=1S/C22H19NO3S/c1-15-10-12-16(13-11-15)27(24,25)23-20-8-4-2-6-17(20)19-14-22(23)26-21-9-5-3-7-18(19)21/h2-13,19,22H,14H2,1H3/t19-,22+/m1/s1. The fourth-order valence-corrected chi connectivity index (χ4v) is 5.65. The Bertz CT molecular complexity index is 1120. The maximum atomic E-state index is 13.5. The average Bonchev–Trinajstić information content (AvgIpc) is 2.68. The smallest absolute Gasteiger partial charge is 0.267 e. The van der Waals surface area contributed by atoms with E-state index < -0.39 is 16.3 Å². The van der Waals surface area contributed by atoms with Crippen LogP contribution in [0.4, 0.5) is 5.69 Å². The van der Waals surface area contributed by atoms with E-state index in [-0.39, 0.29) is 10.8 Å². The molecule has 0 aromatic heterocycles. The highest BCUT2D eigenvalue weighted by atomic mass is 32.2. The molecule has 2 heterocycles. The van der Waals surface area contributed by atoms with Gasteiger partial charge in [-0.2, -0.15) is 0 Å². The molecule has 27 heavy (non-hydrogen) atoms. The first kappa shape index (κ1) is 16.4. The minimum atomic E-state index is -3.74. The van der Waals surface area contributed by atoms with Crippen molar-refractivity contribution in [2.75, 3.05) is 4.31 Å². The molecular weight excluding hydrogens is 358 g/mol. The van der Waals surface area contributed by atoms with E-state index >= 15 is 0 Å². The van der Waals surface area contributed by atoms with E-state index in [9.17, 15) is 8.42 Å². The van der Waals surface area contributed by atoms with Crippen LogP contribution in [0.25, 0.3) is 0 Å². The van der Waals surface area contributed by atoms with Crippen LogP contribution in [0.5, 0.6) is 5.75 Å². The molecule has 2 aliphatic rings. The van der Waals surface area contributed by atoms with Gasteiger partial charge in [0.15, 0.2) is 6.23 Å². The molecule has 0 radical (unpaired) electrons. The molecule has 0 fully saturated rings. The number of hydrogen-bond donors (Lipinski definition) is 0. The maximum absolute atomic E-state index is 13.5. The monoisotopic (exact) mass is 377 g/mol. The number of aryl methyl sites for hydroxylation is 1. The number of fused-ring (bicyclic) bond motifs is 6. The summed E-state index contributed by atoms with van der Waals surface area (Å²) in [7, 11) is -3.74. The molecule has 0 saturated carbocycles. The van der Waals surface area contributed by atoms with Gasteiger partial charge in [0, 0.05) is 17.9 Å². The van der Waals surface area contributed by atoms with Gasteiger partial charge in [0.25, 0.3) is 10.0 Å². The van der Waals surface area contributed by atoms with E-state index in [1.807, 2.05) is 61.5 Å². The lowest BCUT2D eigenvalue weighted by Gasteiger charge is -2.44. The number of anilines is 1. The molecule has 2 atom stereocenters. The van der Waals surface area contributed by atoms with Crippen LogP contribution in [0.3, 0.4) is 0 Å². The summed E-state index contributed by atoms with van der Waals surface area (Å²) in [5.74, 6) is 0.901. The zero-order valence-corrected chi connectivity index (χ0v) is 15.7. The maximum Gasteiger partial charge on any atom is 0.267 e. The first-order chi connectivity index (χ1) is 13.1. The van der Waals surface area contributed by atoms with Crippen LogP contribution in [0.15, 0.2) is 77.7 Å². The van der Waals surface area contributed by atoms with Crippen molar-refractivity contribution in [3.8, 4) is 5.75 Å². The number of sulfonamides is 1. The highest BCUT2D eigenvalue weighted by Gasteiger charge is 2.44. The molecule has 0 unspecified atom stereocenters. The van der Waals surface area contributed by atoms with Crippen molar-refractivity contribution in [2.24, 2.45) is 0 Å². The van der Waals surface area contributed by atoms with E-state index in [0.717, 1.165) is 22.4 Å². The van der Waals surface area contributed by atoms with Crippen molar-refractivity contribution in [3.63, 3.8) is 0 Å². The second-order valence-electron chi connectivity index (χ2n) is 7.07. The van der Waals surface area contributed by atoms with Gasteiger partial charge >= 0.3 is 0 Å². The Morgan fingerprint density at radius 1 is 0.889 bits per heavy atom. The Morgan fingerprint density at radius 3 is 2.33 bits per heavy atom. The van der Waals surface area contributed by atoms with Crippen LogP contribution < -0.4 is 9.04 Å². The van der Waals surface area contributed by atoms with Crippen molar-refractivity contribution in [1.29, 1.82) is 0 Å². The Balaban J connectivity index is 1.70. The minimum absolute atomic E-state index is 0.139. The van der Waals surface area contributed by atoms with E-state index in [1.165, 1.54) is 4.31 Å². The Kier molecular flexibility index (Phi) is 3.56. The molecule has 5 heteroatoms. The first-order valence-electron chi connectivity index (χ1n) is 9.01. The second-order valence-corrected chi connectivity index (χ2v) is 8.89. The summed E-state index contributed by atoms with van der Waals surface area (Å²) < 4.78 is 34.6. The van der Waals surface area contributed by atoms with Gasteiger partial charge in [-0.1, -0.05) is 54.1 Å². The molecule has 0 saturated heterocycles. The molecule has 2 aliphatic heterocycles. The third kappa shape index (κ3) is 2.46. The summed E-state index contributed by atoms with van der Waals surface area (Å²) in [4.78, 5) is 0.281. The largest absolute Gasteiger partial charge is 0.469 e. The van der Waals surface area contributed by atoms with Crippen molar-refractivity contribution < 1.29 is 13.2 Å². The van der Waals surface area contributed by atoms with E-state index in [1.54, 1.807) is 12.1 Å². The summed E-state index contributed by atoms with van der Waals surface area (Å²) in [5, 5.41) is 0. The molecule has 3 aromatic carbocycles. The number of benzene rings is 3. The summed E-state index contributed by atoms with van der Waals surface area (Å²) in [6.45, 7) is 1.94. The van der Waals surface area contributed by atoms with E-state index in [2.05, 4.69) is 6.07 Å². The second kappa shape index (κ2) is 5.86. The van der Waals surface area contributed by atoms with Crippen molar-refractivity contribution in [2.45, 2.75) is 30.4 Å². The summed E-state index contributed by atoms with van der Waals surface area (Å²) in [6, 6.07) is 22.6. The van der Waals surface area contributed by atoms with Crippen LogP contribution >= 0.6 is 0 Å². The molecule has 4 nitrogen and oxygen atoms in total. The van der Waals surface area contributed by atoms with Gasteiger partial charge in [-0.15, -0.1) is 0 Å². The molecule has 136 valence electrons. The fourth-order valence-electron chi connectivity index (χ4n) is 4.08. The molecule has 0 amide bonds. The highest BCUT2D eigenvalue weighted by Crippen LogP contribution is 2.50. The van der Waals surface area contributed by atoms with Gasteiger partial charge in [0.2, 0.25) is 0 Å². The lowest BCUT2D eigenvalue weighted by molar-refractivity contribution is 0.168. The molecular formula is C22H19NO3S. The number of rotatable bonds is 2. The SMILES string of the molecule is Cc1ccc(S(=O)(=O)N2c3ccccc3[C@H]3C[C@@H]2Oc2ccccc23)cc1. The summed E-state index contributed by atoms with van der Waals surface area (Å²) >= 11 is 0. The molecule has 5 rings (SSSR count). The number of ether oxygens (including phenoxy) is 1. The van der Waals surface area contributed by atoms with Gasteiger partial charge < -0.3 is 4.74 Å². The van der Waals surface area contributed by atoms with Crippen molar-refractivity contribution in [3.05, 3.63) is 89.5 Å². The van der Waals surface area contributed by atoms with Crippen LogP contribution in [0, 0.1) is 6.92 Å². The topological polar surface area (TPSA) is 46.6 Å². The van der Waals surface area contributed by atoms with Gasteiger partial charge in [-0.3, -0.25) is 0 Å². The molecule has 0 spiro atoms. The predicted molar refractivity (Wildman–Crippen MR) is 105 cm³/mol. The summed E-state index contributed by atoms with van der Waals surface area (Å²) in [5.41, 5.74) is 3.87. The number of hydrogen-bond acceptors (Lipinski definition) is 3. The van der Waals surface area contributed by atoms with Gasteiger partial charge in [-0.25, -0.2) is 12.7 Å². The molecule has 0 aliphatic carbocycles. The van der Waals surface area contributed by atoms with E-state index in [0.29, 0.717) is 12.1 Å². The molecule has 3 aromatic rings. The lowest BCUT2D eigenvalue weighted by atomic mass is 9.82. The van der Waals surface area contributed by atoms with Crippen LogP contribution in [0.1, 0.15) is 29.0 Å². The minimum Gasteiger partial charge on any atom is -0.469 e. The third-order valence-electron chi connectivity index (χ3n) is 5.38. The van der Waals surface area contributed by atoms with Crippen LogP contribution in [0.2, 0.25) is 0 Å². The number of para-hydroxylation sites is 2. The zero-order chi connectivity index (χ0) is 18.6. The molecule has 2 bridgehead atoms. The van der Waals surface area contributed by atoms with E-state index in [4.69, 9.17) is 4.74 Å². The first-order valence-corrected chi connectivity index (χ1v) is 10.5. The Labute approximate surface area is 159 Å². The third-order valence-corrected chi connectivity index (χ3v) is 7.20. The predicted octanol–water partition coefficient (Wildman–Crippen LogP) is 4.44. The van der Waals surface area contributed by atoms with Crippen LogP contribution in [-0.2, 0) is 10.0 Å². The average molecular weight is 377 g/mol. The summed E-state index contributed by atoms with van der Waals surface area (Å²) in [6.07, 6.45) is 0.0603. The highest BCUT2D eigenvalue weighted by molar-refractivity contribution is 7.92. The fraction of sp³-hybridized carbons (Fsp3) is 0.182. The van der Waals surface area contributed by atoms with Gasteiger partial charge in [0.1, 0.15) is 5.75 Å². The lowest BCUT2D eigenvalue weighted by Crippen LogP contribution is -2.49. The van der Waals surface area contributed by atoms with Crippen LogP contribution in [-0.4, -0.2) is 14.6 Å².